The molecule has 1 aromatic carbocycles. The van der Waals surface area contributed by atoms with Crippen molar-refractivity contribution in [1.29, 1.82) is 0 Å². The zero-order chi connectivity index (χ0) is 15.5. The summed E-state index contributed by atoms with van der Waals surface area (Å²) in [6.45, 7) is 0.680. The van der Waals surface area contributed by atoms with E-state index in [2.05, 4.69) is 9.97 Å². The predicted octanol–water partition coefficient (Wildman–Crippen LogP) is 2.75. The Balaban J connectivity index is 1.83. The number of rotatable bonds is 4. The van der Waals surface area contributed by atoms with Gasteiger partial charge in [-0.1, -0.05) is 23.7 Å². The number of nitrogens with zero attached hydrogens (tertiary/aromatic N) is 3. The molecule has 2 heterocycles. The van der Waals surface area contributed by atoms with Crippen LogP contribution in [0, 0.1) is 0 Å². The van der Waals surface area contributed by atoms with Gasteiger partial charge in [-0.25, -0.2) is 4.98 Å². The highest BCUT2D eigenvalue weighted by Crippen LogP contribution is 2.17. The van der Waals surface area contributed by atoms with E-state index in [-0.39, 0.29) is 0 Å². The quantitative estimate of drug-likeness (QED) is 0.805. The van der Waals surface area contributed by atoms with Crippen molar-refractivity contribution in [2.45, 2.75) is 6.54 Å². The number of hydrogen-bond donors (Lipinski definition) is 1. The fraction of sp³-hybridized carbons (Fsp3) is 0.0625. The van der Waals surface area contributed by atoms with Gasteiger partial charge in [-0.3, -0.25) is 9.78 Å². The van der Waals surface area contributed by atoms with Crippen LogP contribution in [0.5, 0.6) is 0 Å². The van der Waals surface area contributed by atoms with Gasteiger partial charge in [0.15, 0.2) is 0 Å². The summed E-state index contributed by atoms with van der Waals surface area (Å²) in [7, 11) is 0. The van der Waals surface area contributed by atoms with Crippen LogP contribution in [-0.2, 0) is 6.54 Å². The third-order valence-electron chi connectivity index (χ3n) is 3.22. The molecule has 6 heteroatoms. The monoisotopic (exact) mass is 312 g/mol. The molecule has 3 rings (SSSR count). The Hall–Kier alpha value is -2.66. The van der Waals surface area contributed by atoms with Gasteiger partial charge in [0.2, 0.25) is 5.91 Å². The van der Waals surface area contributed by atoms with Crippen molar-refractivity contribution in [1.82, 2.24) is 14.5 Å². The smallest absolute Gasteiger partial charge is 0.248 e. The molecule has 0 aliphatic carbocycles. The SMILES string of the molecule is NC(=O)c1ccnc(-c2cn(Cc3ccc(Cl)cc3)cn2)c1. The van der Waals surface area contributed by atoms with Crippen molar-refractivity contribution in [3.63, 3.8) is 0 Å². The number of amides is 1. The number of imidazole rings is 1. The van der Waals surface area contributed by atoms with Crippen molar-refractivity contribution < 1.29 is 4.79 Å². The van der Waals surface area contributed by atoms with E-state index in [1.165, 1.54) is 0 Å². The zero-order valence-corrected chi connectivity index (χ0v) is 12.4. The van der Waals surface area contributed by atoms with Crippen LogP contribution in [0.25, 0.3) is 11.4 Å². The maximum atomic E-state index is 11.2. The molecule has 0 spiro atoms. The maximum Gasteiger partial charge on any atom is 0.248 e. The number of carbonyl (C=O) groups excluding carboxylic acids is 1. The lowest BCUT2D eigenvalue weighted by atomic mass is 10.2. The first-order valence-electron chi connectivity index (χ1n) is 6.64. The minimum absolute atomic E-state index is 0.414. The van der Waals surface area contributed by atoms with Gasteiger partial charge < -0.3 is 10.3 Å². The highest BCUT2D eigenvalue weighted by molar-refractivity contribution is 6.30. The molecule has 5 nitrogen and oxygen atoms in total. The molecular formula is C16H13ClN4O. The lowest BCUT2D eigenvalue weighted by molar-refractivity contribution is 0.1000. The summed E-state index contributed by atoms with van der Waals surface area (Å²) in [5.74, 6) is -0.482. The largest absolute Gasteiger partial charge is 0.366 e. The van der Waals surface area contributed by atoms with Crippen LogP contribution in [-0.4, -0.2) is 20.4 Å². The summed E-state index contributed by atoms with van der Waals surface area (Å²) >= 11 is 5.87. The molecule has 0 atom stereocenters. The molecule has 110 valence electrons. The van der Waals surface area contributed by atoms with Crippen molar-refractivity contribution in [3.8, 4) is 11.4 Å². The van der Waals surface area contributed by atoms with Gasteiger partial charge in [0.05, 0.1) is 12.0 Å². The molecule has 0 radical (unpaired) electrons. The summed E-state index contributed by atoms with van der Waals surface area (Å²) in [6.07, 6.45) is 5.15. The van der Waals surface area contributed by atoms with Crippen molar-refractivity contribution in [3.05, 3.63) is 71.3 Å². The number of primary amides is 1. The molecule has 1 amide bonds. The second-order valence-corrected chi connectivity index (χ2v) is 5.29. The number of aromatic nitrogens is 3. The van der Waals surface area contributed by atoms with Crippen LogP contribution >= 0.6 is 11.6 Å². The summed E-state index contributed by atoms with van der Waals surface area (Å²) in [5.41, 5.74) is 8.12. The average Bonchev–Trinajstić information content (AvgIpc) is 2.98. The van der Waals surface area contributed by atoms with Gasteiger partial charge in [-0.05, 0) is 29.8 Å². The van der Waals surface area contributed by atoms with E-state index in [1.807, 2.05) is 35.0 Å². The van der Waals surface area contributed by atoms with Crippen LogP contribution in [0.4, 0.5) is 0 Å². The zero-order valence-electron chi connectivity index (χ0n) is 11.6. The molecule has 0 unspecified atom stereocenters. The minimum Gasteiger partial charge on any atom is -0.366 e. The van der Waals surface area contributed by atoms with Gasteiger partial charge in [0.1, 0.15) is 5.69 Å². The van der Waals surface area contributed by atoms with Gasteiger partial charge in [-0.2, -0.15) is 0 Å². The lowest BCUT2D eigenvalue weighted by Gasteiger charge is -2.02. The van der Waals surface area contributed by atoms with Crippen LogP contribution in [0.3, 0.4) is 0 Å². The van der Waals surface area contributed by atoms with E-state index >= 15 is 0 Å². The number of halogens is 1. The topological polar surface area (TPSA) is 73.8 Å². The number of pyridine rings is 1. The Bertz CT molecular complexity index is 811. The van der Waals surface area contributed by atoms with Crippen molar-refractivity contribution >= 4 is 17.5 Å². The third kappa shape index (κ3) is 3.15. The van der Waals surface area contributed by atoms with Gasteiger partial charge in [0.25, 0.3) is 0 Å². The lowest BCUT2D eigenvalue weighted by Crippen LogP contribution is -2.10. The average molecular weight is 313 g/mol. The van der Waals surface area contributed by atoms with E-state index in [1.54, 1.807) is 24.7 Å². The van der Waals surface area contributed by atoms with E-state index in [0.717, 1.165) is 5.56 Å². The second-order valence-electron chi connectivity index (χ2n) is 4.85. The second kappa shape index (κ2) is 5.99. The molecule has 0 fully saturated rings. The number of benzene rings is 1. The Morgan fingerprint density at radius 2 is 1.91 bits per heavy atom. The molecule has 0 aliphatic heterocycles. The van der Waals surface area contributed by atoms with E-state index in [9.17, 15) is 4.79 Å². The molecule has 22 heavy (non-hydrogen) atoms. The standard InChI is InChI=1S/C16H13ClN4O/c17-13-3-1-11(2-4-13)8-21-9-15(20-10-21)14-7-12(16(18)22)5-6-19-14/h1-7,9-10H,8H2,(H2,18,22). The Kier molecular flexibility index (Phi) is 3.89. The van der Waals surface area contributed by atoms with E-state index in [4.69, 9.17) is 17.3 Å². The number of nitrogens with two attached hydrogens (primary N) is 1. The van der Waals surface area contributed by atoms with Gasteiger partial charge in [0, 0.05) is 29.5 Å². The fourth-order valence-electron chi connectivity index (χ4n) is 2.10. The Morgan fingerprint density at radius 1 is 1.14 bits per heavy atom. The normalized spacial score (nSPS) is 10.6. The molecular weight excluding hydrogens is 300 g/mol. The first-order chi connectivity index (χ1) is 10.6. The number of carbonyl (C=O) groups is 1. The molecule has 2 N–H and O–H groups in total. The van der Waals surface area contributed by atoms with E-state index < -0.39 is 5.91 Å². The summed E-state index contributed by atoms with van der Waals surface area (Å²) in [6, 6.07) is 10.9. The first-order valence-corrected chi connectivity index (χ1v) is 7.02. The van der Waals surface area contributed by atoms with E-state index in [0.29, 0.717) is 28.5 Å². The fourth-order valence-corrected chi connectivity index (χ4v) is 2.23. The summed E-state index contributed by atoms with van der Waals surface area (Å²) < 4.78 is 1.94. The maximum absolute atomic E-state index is 11.2. The minimum atomic E-state index is -0.482. The molecule has 0 bridgehead atoms. The van der Waals surface area contributed by atoms with Gasteiger partial charge >= 0.3 is 0 Å². The number of hydrogen-bond acceptors (Lipinski definition) is 3. The highest BCUT2D eigenvalue weighted by Gasteiger charge is 2.07. The highest BCUT2D eigenvalue weighted by atomic mass is 35.5. The Morgan fingerprint density at radius 3 is 2.64 bits per heavy atom. The summed E-state index contributed by atoms with van der Waals surface area (Å²) in [4.78, 5) is 19.8. The molecule has 0 saturated heterocycles. The summed E-state index contributed by atoms with van der Waals surface area (Å²) in [5, 5.41) is 0.711. The van der Waals surface area contributed by atoms with Crippen LogP contribution < -0.4 is 5.73 Å². The van der Waals surface area contributed by atoms with Crippen molar-refractivity contribution in [2.75, 3.05) is 0 Å². The third-order valence-corrected chi connectivity index (χ3v) is 3.47. The molecule has 2 aromatic heterocycles. The van der Waals surface area contributed by atoms with Crippen LogP contribution in [0.2, 0.25) is 5.02 Å². The molecule has 0 aliphatic rings. The molecule has 0 saturated carbocycles. The van der Waals surface area contributed by atoms with Gasteiger partial charge in [-0.15, -0.1) is 0 Å². The van der Waals surface area contributed by atoms with Crippen LogP contribution in [0.15, 0.2) is 55.1 Å². The molecule has 3 aromatic rings. The predicted molar refractivity (Wildman–Crippen MR) is 84.5 cm³/mol. The van der Waals surface area contributed by atoms with Crippen molar-refractivity contribution in [2.24, 2.45) is 5.73 Å². The first kappa shape index (κ1) is 14.3. The Labute approximate surface area is 132 Å². The van der Waals surface area contributed by atoms with Crippen LogP contribution in [0.1, 0.15) is 15.9 Å².